The maximum atomic E-state index is 12.8. The number of carbonyl (C=O) groups excluding carboxylic acids is 4. The van der Waals surface area contributed by atoms with Crippen molar-refractivity contribution in [3.63, 3.8) is 0 Å². The molecule has 0 spiro atoms. The summed E-state index contributed by atoms with van der Waals surface area (Å²) in [6, 6.07) is 19.0. The molecule has 1 fully saturated rings. The normalized spacial score (nSPS) is 14.1. The van der Waals surface area contributed by atoms with E-state index in [0.29, 0.717) is 32.2 Å². The summed E-state index contributed by atoms with van der Waals surface area (Å²) in [5.41, 5.74) is 2.67. The molecule has 4 amide bonds. The second kappa shape index (κ2) is 12.3. The number of hydrogen-bond acceptors (Lipinski definition) is 6. The van der Waals surface area contributed by atoms with E-state index in [1.165, 1.54) is 0 Å². The second-order valence-corrected chi connectivity index (χ2v) is 10.4. The molecule has 0 unspecified atom stereocenters. The smallest absolute Gasteiger partial charge is 0.294 e. The number of thioether (sulfide) groups is 1. The molecule has 0 aliphatic carbocycles. The molecule has 38 heavy (non-hydrogen) atoms. The van der Waals surface area contributed by atoms with Gasteiger partial charge in [0.2, 0.25) is 5.91 Å². The zero-order chi connectivity index (χ0) is 27.2. The van der Waals surface area contributed by atoms with Crippen molar-refractivity contribution >= 4 is 79.7 Å². The topological polar surface area (TPSA) is 105 Å². The molecule has 0 atom stereocenters. The van der Waals surface area contributed by atoms with Crippen LogP contribution in [0, 0.1) is 6.92 Å². The lowest BCUT2D eigenvalue weighted by Gasteiger charge is -2.12. The number of imide groups is 1. The number of nitrogens with zero attached hydrogens (tertiary/aromatic N) is 1. The van der Waals surface area contributed by atoms with E-state index in [1.54, 1.807) is 60.7 Å². The lowest BCUT2D eigenvalue weighted by molar-refractivity contribution is -0.127. The van der Waals surface area contributed by atoms with E-state index in [4.69, 9.17) is 16.3 Å². The van der Waals surface area contributed by atoms with Crippen LogP contribution >= 0.6 is 39.3 Å². The molecule has 3 aromatic carbocycles. The SMILES string of the molecule is Cc1ccc(NC(=O)COc2ccc(/C=C3\SC(=O)N(CC(=O)Nc4ccccc4)C3=O)cc2Br)cc1Cl. The standard InChI is InChI=1S/C27H21BrClN3O5S/c1-16-7-9-19(13-21(16)29)31-25(34)15-37-22-10-8-17(11-20(22)28)12-23-26(35)32(27(36)38-23)14-24(33)30-18-5-3-2-4-6-18/h2-13H,14-15H2,1H3,(H,30,33)(H,31,34)/b23-12-. The van der Waals surface area contributed by atoms with Crippen LogP contribution in [0.2, 0.25) is 5.02 Å². The van der Waals surface area contributed by atoms with E-state index >= 15 is 0 Å². The van der Waals surface area contributed by atoms with E-state index in [1.807, 2.05) is 19.1 Å². The molecule has 0 radical (unpaired) electrons. The van der Waals surface area contributed by atoms with Gasteiger partial charge in [-0.25, -0.2) is 0 Å². The minimum absolute atomic E-state index is 0.194. The largest absolute Gasteiger partial charge is 0.483 e. The predicted molar refractivity (Wildman–Crippen MR) is 152 cm³/mol. The van der Waals surface area contributed by atoms with Crippen LogP contribution in [-0.2, 0) is 14.4 Å². The van der Waals surface area contributed by atoms with Gasteiger partial charge in [-0.05, 0) is 88.2 Å². The van der Waals surface area contributed by atoms with Gasteiger partial charge in [0.15, 0.2) is 6.61 Å². The number of rotatable bonds is 8. The van der Waals surface area contributed by atoms with Crippen LogP contribution in [0.15, 0.2) is 76.1 Å². The number of para-hydroxylation sites is 1. The molecule has 1 heterocycles. The summed E-state index contributed by atoms with van der Waals surface area (Å²) in [4.78, 5) is 50.8. The van der Waals surface area contributed by atoms with Crippen LogP contribution in [0.5, 0.6) is 5.75 Å². The highest BCUT2D eigenvalue weighted by Gasteiger charge is 2.36. The van der Waals surface area contributed by atoms with E-state index in [-0.39, 0.29) is 24.0 Å². The highest BCUT2D eigenvalue weighted by Crippen LogP contribution is 2.34. The van der Waals surface area contributed by atoms with Crippen molar-refractivity contribution in [2.75, 3.05) is 23.8 Å². The molecule has 1 aliphatic rings. The van der Waals surface area contributed by atoms with Gasteiger partial charge < -0.3 is 15.4 Å². The number of halogens is 2. The fourth-order valence-corrected chi connectivity index (χ4v) is 4.92. The molecular formula is C27H21BrClN3O5S. The molecule has 1 saturated heterocycles. The molecule has 194 valence electrons. The maximum absolute atomic E-state index is 12.8. The second-order valence-electron chi connectivity index (χ2n) is 8.17. The zero-order valence-electron chi connectivity index (χ0n) is 20.0. The summed E-state index contributed by atoms with van der Waals surface area (Å²) in [5, 5.41) is 5.41. The van der Waals surface area contributed by atoms with Crippen molar-refractivity contribution in [2.24, 2.45) is 0 Å². The Balaban J connectivity index is 1.34. The highest BCUT2D eigenvalue weighted by molar-refractivity contribution is 9.10. The fourth-order valence-electron chi connectivity index (χ4n) is 3.39. The Kier molecular flexibility index (Phi) is 8.88. The van der Waals surface area contributed by atoms with Crippen molar-refractivity contribution in [3.8, 4) is 5.75 Å². The number of ether oxygens (including phenoxy) is 1. The fraction of sp³-hybridized carbons (Fsp3) is 0.111. The Morgan fingerprint density at radius 3 is 2.45 bits per heavy atom. The molecule has 1 aliphatic heterocycles. The van der Waals surface area contributed by atoms with Gasteiger partial charge in [0.05, 0.1) is 9.38 Å². The number of nitrogens with one attached hydrogen (secondary N) is 2. The van der Waals surface area contributed by atoms with Crippen LogP contribution in [0.1, 0.15) is 11.1 Å². The summed E-state index contributed by atoms with van der Waals surface area (Å²) in [6.07, 6.45) is 1.56. The highest BCUT2D eigenvalue weighted by atomic mass is 79.9. The number of anilines is 2. The van der Waals surface area contributed by atoms with Gasteiger partial charge in [0.25, 0.3) is 17.1 Å². The molecule has 4 rings (SSSR count). The van der Waals surface area contributed by atoms with E-state index < -0.39 is 17.1 Å². The number of benzene rings is 3. The Hall–Kier alpha value is -3.60. The average Bonchev–Trinajstić information content (AvgIpc) is 3.13. The summed E-state index contributed by atoms with van der Waals surface area (Å²) < 4.78 is 6.16. The third-order valence-corrected chi connectivity index (χ3v) is 7.24. The van der Waals surface area contributed by atoms with E-state index in [2.05, 4.69) is 26.6 Å². The Morgan fingerprint density at radius 2 is 1.74 bits per heavy atom. The van der Waals surface area contributed by atoms with Gasteiger partial charge in [-0.1, -0.05) is 41.9 Å². The zero-order valence-corrected chi connectivity index (χ0v) is 23.2. The number of hydrogen-bond donors (Lipinski definition) is 2. The van der Waals surface area contributed by atoms with E-state index in [0.717, 1.165) is 22.2 Å². The van der Waals surface area contributed by atoms with E-state index in [9.17, 15) is 19.2 Å². The van der Waals surface area contributed by atoms with Gasteiger partial charge >= 0.3 is 0 Å². The van der Waals surface area contributed by atoms with Gasteiger partial charge in [0.1, 0.15) is 12.3 Å². The predicted octanol–water partition coefficient (Wildman–Crippen LogP) is 6.10. The van der Waals surface area contributed by atoms with Crippen LogP contribution in [0.3, 0.4) is 0 Å². The number of amides is 4. The first-order valence-corrected chi connectivity index (χ1v) is 13.3. The third kappa shape index (κ3) is 7.03. The van der Waals surface area contributed by atoms with Gasteiger partial charge in [-0.2, -0.15) is 0 Å². The Labute approximate surface area is 236 Å². The van der Waals surface area contributed by atoms with Crippen molar-refractivity contribution in [2.45, 2.75) is 6.92 Å². The lowest BCUT2D eigenvalue weighted by Crippen LogP contribution is -2.36. The molecule has 0 bridgehead atoms. The summed E-state index contributed by atoms with van der Waals surface area (Å²) in [7, 11) is 0. The summed E-state index contributed by atoms with van der Waals surface area (Å²) >= 11 is 10.3. The van der Waals surface area contributed by atoms with Crippen LogP contribution in [-0.4, -0.2) is 41.0 Å². The molecule has 0 saturated carbocycles. The van der Waals surface area contributed by atoms with Crippen LogP contribution < -0.4 is 15.4 Å². The minimum Gasteiger partial charge on any atom is -0.483 e. The van der Waals surface area contributed by atoms with Crippen molar-refractivity contribution in [3.05, 3.63) is 92.3 Å². The summed E-state index contributed by atoms with van der Waals surface area (Å²) in [5.74, 6) is -0.957. The molecular weight excluding hydrogens is 594 g/mol. The van der Waals surface area contributed by atoms with Crippen LogP contribution in [0.4, 0.5) is 16.2 Å². The monoisotopic (exact) mass is 613 g/mol. The maximum Gasteiger partial charge on any atom is 0.294 e. The Bertz CT molecular complexity index is 1450. The first kappa shape index (κ1) is 27.4. The van der Waals surface area contributed by atoms with Crippen molar-refractivity contribution < 1.29 is 23.9 Å². The van der Waals surface area contributed by atoms with Gasteiger partial charge in [0, 0.05) is 16.4 Å². The molecule has 2 N–H and O–H groups in total. The Morgan fingerprint density at radius 1 is 1.00 bits per heavy atom. The number of carbonyl (C=O) groups is 4. The molecule has 3 aromatic rings. The number of aryl methyl sites for hydroxylation is 1. The summed E-state index contributed by atoms with van der Waals surface area (Å²) in [6.45, 7) is 1.26. The molecule has 0 aromatic heterocycles. The minimum atomic E-state index is -0.549. The first-order valence-electron chi connectivity index (χ1n) is 11.3. The molecule has 8 nitrogen and oxygen atoms in total. The van der Waals surface area contributed by atoms with Crippen molar-refractivity contribution in [1.82, 2.24) is 4.90 Å². The quantitative estimate of drug-likeness (QED) is 0.297. The van der Waals surface area contributed by atoms with Gasteiger partial charge in [-0.3, -0.25) is 24.1 Å². The average molecular weight is 615 g/mol. The van der Waals surface area contributed by atoms with Gasteiger partial charge in [-0.15, -0.1) is 0 Å². The molecule has 11 heteroatoms. The van der Waals surface area contributed by atoms with Crippen LogP contribution in [0.25, 0.3) is 6.08 Å². The van der Waals surface area contributed by atoms with Crippen molar-refractivity contribution in [1.29, 1.82) is 0 Å². The first-order chi connectivity index (χ1) is 18.2. The lowest BCUT2D eigenvalue weighted by atomic mass is 10.2. The third-order valence-electron chi connectivity index (χ3n) is 5.30.